The summed E-state index contributed by atoms with van der Waals surface area (Å²) in [6.07, 6.45) is 1.60. The number of likely N-dealkylation sites (N-methyl/N-ethyl adjacent to an activating group) is 1. The van der Waals surface area contributed by atoms with Crippen molar-refractivity contribution in [3.63, 3.8) is 0 Å². The average Bonchev–Trinajstić information content (AvgIpc) is 3.44. The maximum atomic E-state index is 12.4. The molecule has 0 radical (unpaired) electrons. The van der Waals surface area contributed by atoms with Crippen LogP contribution in [0.2, 0.25) is 0 Å². The molecule has 3 heterocycles. The molecule has 0 saturated carbocycles. The third-order valence-corrected chi connectivity index (χ3v) is 7.99. The Kier molecular flexibility index (Phi) is 5.65. The molecule has 0 aliphatic carbocycles. The highest BCUT2D eigenvalue weighted by Crippen LogP contribution is 2.36. The molecule has 1 fully saturated rings. The molecule has 1 saturated heterocycles. The number of fused-ring (bicyclic) bond motifs is 2. The Morgan fingerprint density at radius 1 is 1.03 bits per heavy atom. The second kappa shape index (κ2) is 8.89. The van der Waals surface area contributed by atoms with E-state index >= 15 is 0 Å². The molecule has 1 amide bonds. The summed E-state index contributed by atoms with van der Waals surface area (Å²) in [6, 6.07) is 17.1. The number of aromatic nitrogens is 1. The van der Waals surface area contributed by atoms with Crippen molar-refractivity contribution >= 4 is 49.9 Å². The first-order valence-electron chi connectivity index (χ1n) is 12.1. The molecule has 4 aromatic rings. The van der Waals surface area contributed by atoms with Crippen LogP contribution < -0.4 is 15.5 Å². The van der Waals surface area contributed by atoms with Crippen molar-refractivity contribution in [3.05, 3.63) is 60.2 Å². The van der Waals surface area contributed by atoms with E-state index in [1.807, 2.05) is 42.5 Å². The van der Waals surface area contributed by atoms with Gasteiger partial charge in [-0.05, 0) is 48.5 Å². The molecule has 190 valence electrons. The van der Waals surface area contributed by atoms with E-state index in [1.165, 1.54) is 6.26 Å². The SMILES string of the molecule is CN1CCN(c2cc(Nc3nc4cccc(-c5ccc6c(c5)NC(=O)C6)c4o3)cc(S(C)(=O)=O)c2)CC1. The first-order chi connectivity index (χ1) is 17.7. The molecular formula is C27H27N5O4S. The number of oxazole rings is 1. The van der Waals surface area contributed by atoms with Gasteiger partial charge in [0.05, 0.1) is 11.3 Å². The molecule has 10 heteroatoms. The summed E-state index contributed by atoms with van der Waals surface area (Å²) in [5.41, 5.74) is 6.25. The number of benzene rings is 3. The summed E-state index contributed by atoms with van der Waals surface area (Å²) in [5.74, 6) is -0.0104. The Balaban J connectivity index is 1.35. The largest absolute Gasteiger partial charge is 0.423 e. The maximum Gasteiger partial charge on any atom is 0.300 e. The smallest absolute Gasteiger partial charge is 0.300 e. The molecule has 6 rings (SSSR count). The maximum absolute atomic E-state index is 12.4. The van der Waals surface area contributed by atoms with Crippen LogP contribution >= 0.6 is 0 Å². The monoisotopic (exact) mass is 517 g/mol. The number of hydrogen-bond acceptors (Lipinski definition) is 8. The van der Waals surface area contributed by atoms with Crippen molar-refractivity contribution in [2.24, 2.45) is 0 Å². The Morgan fingerprint density at radius 2 is 1.84 bits per heavy atom. The molecule has 0 unspecified atom stereocenters. The lowest BCUT2D eigenvalue weighted by atomic mass is 10.0. The van der Waals surface area contributed by atoms with Crippen molar-refractivity contribution in [3.8, 4) is 11.1 Å². The number of amides is 1. The number of rotatable bonds is 5. The summed E-state index contributed by atoms with van der Waals surface area (Å²) in [6.45, 7) is 3.45. The topological polar surface area (TPSA) is 108 Å². The standard InChI is InChI=1S/C27H27N5O4S/c1-31-8-10-32(11-9-31)20-14-19(15-21(16-20)37(2,34)35)28-27-30-23-5-3-4-22(26(23)36-27)17-6-7-18-13-25(33)29-24(18)12-17/h3-7,12,14-16H,8-11,13H2,1-2H3,(H,28,30)(H,29,33). The number of hydrogen-bond donors (Lipinski definition) is 2. The van der Waals surface area contributed by atoms with E-state index in [4.69, 9.17) is 4.42 Å². The number of carbonyl (C=O) groups excluding carboxylic acids is 1. The zero-order valence-electron chi connectivity index (χ0n) is 20.6. The third kappa shape index (κ3) is 4.65. The minimum absolute atomic E-state index is 0.0104. The van der Waals surface area contributed by atoms with Gasteiger partial charge in [0.2, 0.25) is 5.91 Å². The summed E-state index contributed by atoms with van der Waals surface area (Å²) in [5, 5.41) is 6.08. The Hall–Kier alpha value is -3.89. The number of carbonyl (C=O) groups is 1. The molecule has 1 aromatic heterocycles. The number of piperazine rings is 1. The van der Waals surface area contributed by atoms with Crippen LogP contribution in [-0.4, -0.2) is 63.7 Å². The van der Waals surface area contributed by atoms with Crippen LogP contribution in [0.5, 0.6) is 0 Å². The van der Waals surface area contributed by atoms with Crippen LogP contribution in [0.1, 0.15) is 5.56 Å². The molecule has 0 bridgehead atoms. The number of nitrogens with zero attached hydrogens (tertiary/aromatic N) is 3. The molecule has 3 aromatic carbocycles. The van der Waals surface area contributed by atoms with Gasteiger partial charge in [-0.3, -0.25) is 4.79 Å². The number of para-hydroxylation sites is 1. The molecule has 9 nitrogen and oxygen atoms in total. The van der Waals surface area contributed by atoms with Crippen LogP contribution in [0, 0.1) is 0 Å². The lowest BCUT2D eigenvalue weighted by Gasteiger charge is -2.34. The average molecular weight is 518 g/mol. The Bertz CT molecular complexity index is 1640. The van der Waals surface area contributed by atoms with Crippen molar-refractivity contribution in [2.45, 2.75) is 11.3 Å². The van der Waals surface area contributed by atoms with E-state index in [2.05, 4.69) is 32.5 Å². The van der Waals surface area contributed by atoms with Gasteiger partial charge in [-0.1, -0.05) is 24.3 Å². The lowest BCUT2D eigenvalue weighted by molar-refractivity contribution is -0.115. The van der Waals surface area contributed by atoms with Crippen LogP contribution in [0.15, 0.2) is 63.9 Å². The first kappa shape index (κ1) is 23.5. The van der Waals surface area contributed by atoms with Crippen LogP contribution in [0.3, 0.4) is 0 Å². The first-order valence-corrected chi connectivity index (χ1v) is 14.0. The number of sulfone groups is 1. The van der Waals surface area contributed by atoms with Gasteiger partial charge in [-0.25, -0.2) is 8.42 Å². The second-order valence-corrected chi connectivity index (χ2v) is 11.7. The molecular weight excluding hydrogens is 490 g/mol. The Morgan fingerprint density at radius 3 is 2.62 bits per heavy atom. The molecule has 2 N–H and O–H groups in total. The fourth-order valence-corrected chi connectivity index (χ4v) is 5.53. The minimum Gasteiger partial charge on any atom is -0.423 e. The summed E-state index contributed by atoms with van der Waals surface area (Å²) >= 11 is 0. The van der Waals surface area contributed by atoms with Crippen molar-refractivity contribution < 1.29 is 17.6 Å². The fraction of sp³-hybridized carbons (Fsp3) is 0.259. The van der Waals surface area contributed by atoms with Gasteiger partial charge in [-0.2, -0.15) is 4.98 Å². The molecule has 2 aliphatic rings. The van der Waals surface area contributed by atoms with E-state index in [0.29, 0.717) is 23.2 Å². The lowest BCUT2D eigenvalue weighted by Crippen LogP contribution is -2.44. The summed E-state index contributed by atoms with van der Waals surface area (Å²) < 4.78 is 31.0. The predicted molar refractivity (Wildman–Crippen MR) is 144 cm³/mol. The van der Waals surface area contributed by atoms with Gasteiger partial charge in [0.1, 0.15) is 5.52 Å². The van der Waals surface area contributed by atoms with E-state index in [9.17, 15) is 13.2 Å². The van der Waals surface area contributed by atoms with Gasteiger partial charge in [-0.15, -0.1) is 0 Å². The molecule has 37 heavy (non-hydrogen) atoms. The van der Waals surface area contributed by atoms with Gasteiger partial charge < -0.3 is 24.9 Å². The van der Waals surface area contributed by atoms with Crippen molar-refractivity contribution in [2.75, 3.05) is 55.0 Å². The number of anilines is 4. The van der Waals surface area contributed by atoms with Gasteiger partial charge in [0.15, 0.2) is 15.4 Å². The highest BCUT2D eigenvalue weighted by Gasteiger charge is 2.21. The normalized spacial score (nSPS) is 16.2. The van der Waals surface area contributed by atoms with Crippen molar-refractivity contribution in [1.82, 2.24) is 9.88 Å². The summed E-state index contributed by atoms with van der Waals surface area (Å²) in [4.78, 5) is 21.1. The minimum atomic E-state index is -3.42. The van der Waals surface area contributed by atoms with Crippen LogP contribution in [0.25, 0.3) is 22.2 Å². The van der Waals surface area contributed by atoms with E-state index < -0.39 is 9.84 Å². The fourth-order valence-electron chi connectivity index (χ4n) is 4.85. The van der Waals surface area contributed by atoms with E-state index in [0.717, 1.165) is 54.2 Å². The predicted octanol–water partition coefficient (Wildman–Crippen LogP) is 3.89. The number of nitrogens with one attached hydrogen (secondary N) is 2. The third-order valence-electron chi connectivity index (χ3n) is 6.90. The quantitative estimate of drug-likeness (QED) is 0.411. The van der Waals surface area contributed by atoms with E-state index in [1.54, 1.807) is 12.1 Å². The zero-order valence-corrected chi connectivity index (χ0v) is 21.4. The van der Waals surface area contributed by atoms with E-state index in [-0.39, 0.29) is 16.8 Å². The Labute approximate surface area is 215 Å². The highest BCUT2D eigenvalue weighted by molar-refractivity contribution is 7.90. The molecule has 2 aliphatic heterocycles. The van der Waals surface area contributed by atoms with Crippen molar-refractivity contribution in [1.29, 1.82) is 0 Å². The summed E-state index contributed by atoms with van der Waals surface area (Å²) in [7, 11) is -1.34. The van der Waals surface area contributed by atoms with Crippen LogP contribution in [-0.2, 0) is 21.1 Å². The zero-order chi connectivity index (χ0) is 25.7. The van der Waals surface area contributed by atoms with Crippen LogP contribution in [0.4, 0.5) is 23.1 Å². The van der Waals surface area contributed by atoms with Gasteiger partial charge in [0.25, 0.3) is 6.01 Å². The highest BCUT2D eigenvalue weighted by atomic mass is 32.2. The second-order valence-electron chi connectivity index (χ2n) is 9.67. The molecule has 0 spiro atoms. The van der Waals surface area contributed by atoms with Gasteiger partial charge >= 0.3 is 0 Å². The van der Waals surface area contributed by atoms with Gasteiger partial charge in [0, 0.05) is 55.1 Å². The molecule has 0 atom stereocenters.